The summed E-state index contributed by atoms with van der Waals surface area (Å²) in [6.45, 7) is 0. The molecule has 0 amide bonds. The number of hydrogen-bond donors (Lipinski definition) is 1. The van der Waals surface area contributed by atoms with E-state index < -0.39 is 0 Å². The molecule has 2 aromatic carbocycles. The van der Waals surface area contributed by atoms with Gasteiger partial charge in [0.05, 0.1) is 16.7 Å². The van der Waals surface area contributed by atoms with Crippen LogP contribution in [0.15, 0.2) is 54.6 Å². The number of fused-ring (bicyclic) bond motifs is 2. The average Bonchev–Trinajstić information content (AvgIpc) is 2.77. The monoisotopic (exact) mass is 295 g/mol. The van der Waals surface area contributed by atoms with Crippen LogP contribution in [0.25, 0.3) is 27.9 Å². The zero-order chi connectivity index (χ0) is 14.4. The third-order valence-electron chi connectivity index (χ3n) is 3.39. The topological polar surface area (TPSA) is 50.9 Å². The molecule has 1 N–H and O–H groups in total. The molecule has 2 aromatic heterocycles. The lowest BCUT2D eigenvalue weighted by Gasteiger charge is -2.06. The van der Waals surface area contributed by atoms with Crippen LogP contribution >= 0.6 is 11.6 Å². The first-order chi connectivity index (χ1) is 10.3. The Hall–Kier alpha value is -2.59. The number of rotatable bonds is 1. The molecule has 0 saturated heterocycles. The number of aromatic hydroxyl groups is 1. The Morgan fingerprint density at radius 2 is 1.48 bits per heavy atom. The highest BCUT2D eigenvalue weighted by Crippen LogP contribution is 2.36. The molecular formula is C16H10ClN3O. The van der Waals surface area contributed by atoms with Gasteiger partial charge in [0.25, 0.3) is 0 Å². The van der Waals surface area contributed by atoms with Crippen LogP contribution in [0.4, 0.5) is 0 Å². The SMILES string of the molecule is Oc1c(Cl)c2nc3ccccc3nc2n1-c1ccccc1. The van der Waals surface area contributed by atoms with E-state index in [4.69, 9.17) is 11.6 Å². The van der Waals surface area contributed by atoms with Crippen LogP contribution in [0.2, 0.25) is 5.02 Å². The maximum absolute atomic E-state index is 10.3. The van der Waals surface area contributed by atoms with E-state index in [1.807, 2.05) is 54.6 Å². The lowest BCUT2D eigenvalue weighted by atomic mass is 10.3. The van der Waals surface area contributed by atoms with Gasteiger partial charge in [0.2, 0.25) is 5.88 Å². The van der Waals surface area contributed by atoms with Gasteiger partial charge in [0, 0.05) is 0 Å². The van der Waals surface area contributed by atoms with Gasteiger partial charge >= 0.3 is 0 Å². The van der Waals surface area contributed by atoms with Crippen LogP contribution in [0.1, 0.15) is 0 Å². The Morgan fingerprint density at radius 1 is 0.857 bits per heavy atom. The first kappa shape index (κ1) is 12.2. The summed E-state index contributed by atoms with van der Waals surface area (Å²) in [7, 11) is 0. The summed E-state index contributed by atoms with van der Waals surface area (Å²) in [6.07, 6.45) is 0. The third-order valence-corrected chi connectivity index (χ3v) is 3.74. The minimum Gasteiger partial charge on any atom is -0.493 e. The molecule has 0 spiro atoms. The highest BCUT2D eigenvalue weighted by Gasteiger charge is 2.19. The van der Waals surface area contributed by atoms with Crippen LogP contribution in [0.3, 0.4) is 0 Å². The number of aromatic nitrogens is 3. The van der Waals surface area contributed by atoms with Crippen molar-refractivity contribution in [3.05, 3.63) is 59.6 Å². The van der Waals surface area contributed by atoms with Crippen molar-refractivity contribution in [2.45, 2.75) is 0 Å². The molecule has 2 heterocycles. The van der Waals surface area contributed by atoms with Crippen LogP contribution in [-0.4, -0.2) is 19.6 Å². The zero-order valence-electron chi connectivity index (χ0n) is 10.9. The van der Waals surface area contributed by atoms with E-state index in [1.165, 1.54) is 0 Å². The molecule has 0 aliphatic heterocycles. The number of halogens is 1. The lowest BCUT2D eigenvalue weighted by Crippen LogP contribution is -1.95. The molecule has 0 bridgehead atoms. The van der Waals surface area contributed by atoms with E-state index in [-0.39, 0.29) is 10.9 Å². The molecule has 0 aliphatic carbocycles. The van der Waals surface area contributed by atoms with E-state index in [0.29, 0.717) is 11.2 Å². The summed E-state index contributed by atoms with van der Waals surface area (Å²) in [4.78, 5) is 9.10. The van der Waals surface area contributed by atoms with Gasteiger partial charge in [-0.15, -0.1) is 0 Å². The molecule has 0 saturated carbocycles. The summed E-state index contributed by atoms with van der Waals surface area (Å²) in [5.41, 5.74) is 3.34. The first-order valence-electron chi connectivity index (χ1n) is 6.47. The fourth-order valence-corrected chi connectivity index (χ4v) is 2.63. The van der Waals surface area contributed by atoms with Crippen molar-refractivity contribution in [1.29, 1.82) is 0 Å². The largest absolute Gasteiger partial charge is 0.493 e. The minimum atomic E-state index is -0.0480. The van der Waals surface area contributed by atoms with Crippen LogP contribution < -0.4 is 0 Å². The number of para-hydroxylation sites is 3. The predicted octanol–water partition coefficient (Wildman–Crippen LogP) is 3.93. The van der Waals surface area contributed by atoms with Gasteiger partial charge in [-0.3, -0.25) is 4.57 Å². The third kappa shape index (κ3) is 1.76. The average molecular weight is 296 g/mol. The molecule has 0 atom stereocenters. The van der Waals surface area contributed by atoms with Crippen molar-refractivity contribution >= 4 is 33.8 Å². The van der Waals surface area contributed by atoms with Gasteiger partial charge < -0.3 is 5.11 Å². The smallest absolute Gasteiger partial charge is 0.219 e. The Morgan fingerprint density at radius 3 is 2.19 bits per heavy atom. The Labute approximate surface area is 125 Å². The number of nitrogens with zero attached hydrogens (tertiary/aromatic N) is 3. The first-order valence-corrected chi connectivity index (χ1v) is 6.84. The zero-order valence-corrected chi connectivity index (χ0v) is 11.6. The standard InChI is InChI=1S/C16H10ClN3O/c17-13-14-15(19-12-9-5-4-8-11(12)18-14)20(16(13)21)10-6-2-1-3-7-10/h1-9,21H. The van der Waals surface area contributed by atoms with Gasteiger partial charge in [-0.05, 0) is 24.3 Å². The second-order valence-electron chi connectivity index (χ2n) is 4.69. The maximum atomic E-state index is 10.3. The lowest BCUT2D eigenvalue weighted by molar-refractivity contribution is 0.445. The fourth-order valence-electron chi connectivity index (χ4n) is 2.42. The predicted molar refractivity (Wildman–Crippen MR) is 83.0 cm³/mol. The van der Waals surface area contributed by atoms with Crippen molar-refractivity contribution in [3.8, 4) is 11.6 Å². The van der Waals surface area contributed by atoms with Crippen LogP contribution in [0.5, 0.6) is 5.88 Å². The molecule has 5 heteroatoms. The van der Waals surface area contributed by atoms with E-state index in [1.54, 1.807) is 4.57 Å². The molecule has 4 nitrogen and oxygen atoms in total. The Kier molecular flexibility index (Phi) is 2.59. The van der Waals surface area contributed by atoms with Crippen molar-refractivity contribution in [1.82, 2.24) is 14.5 Å². The summed E-state index contributed by atoms with van der Waals surface area (Å²) in [5.74, 6) is -0.0480. The number of benzene rings is 2. The van der Waals surface area contributed by atoms with E-state index >= 15 is 0 Å². The van der Waals surface area contributed by atoms with Gasteiger partial charge in [0.15, 0.2) is 5.65 Å². The van der Waals surface area contributed by atoms with E-state index in [0.717, 1.165) is 16.7 Å². The van der Waals surface area contributed by atoms with E-state index in [2.05, 4.69) is 9.97 Å². The van der Waals surface area contributed by atoms with Crippen molar-refractivity contribution in [3.63, 3.8) is 0 Å². The van der Waals surface area contributed by atoms with Gasteiger partial charge in [-0.1, -0.05) is 41.9 Å². The van der Waals surface area contributed by atoms with Gasteiger partial charge in [0.1, 0.15) is 10.5 Å². The summed E-state index contributed by atoms with van der Waals surface area (Å²) >= 11 is 6.22. The normalized spacial score (nSPS) is 11.3. The van der Waals surface area contributed by atoms with Gasteiger partial charge in [-0.2, -0.15) is 0 Å². The molecular weight excluding hydrogens is 286 g/mol. The van der Waals surface area contributed by atoms with Crippen LogP contribution in [-0.2, 0) is 0 Å². The fraction of sp³-hybridized carbons (Fsp3) is 0. The van der Waals surface area contributed by atoms with Crippen LogP contribution in [0, 0.1) is 0 Å². The molecule has 21 heavy (non-hydrogen) atoms. The maximum Gasteiger partial charge on any atom is 0.219 e. The Bertz CT molecular complexity index is 964. The molecule has 102 valence electrons. The second-order valence-corrected chi connectivity index (χ2v) is 5.07. The highest BCUT2D eigenvalue weighted by atomic mass is 35.5. The van der Waals surface area contributed by atoms with Gasteiger partial charge in [-0.25, -0.2) is 9.97 Å². The minimum absolute atomic E-state index is 0.0480. The summed E-state index contributed by atoms with van der Waals surface area (Å²) < 4.78 is 1.61. The van der Waals surface area contributed by atoms with Crippen molar-refractivity contribution in [2.75, 3.05) is 0 Å². The summed E-state index contributed by atoms with van der Waals surface area (Å²) in [5, 5.41) is 10.5. The molecule has 0 radical (unpaired) electrons. The molecule has 0 fully saturated rings. The highest BCUT2D eigenvalue weighted by molar-refractivity contribution is 6.36. The summed E-state index contributed by atoms with van der Waals surface area (Å²) in [6, 6.07) is 17.0. The second kappa shape index (κ2) is 4.46. The number of hydrogen-bond acceptors (Lipinski definition) is 3. The molecule has 0 aliphatic rings. The van der Waals surface area contributed by atoms with Crippen molar-refractivity contribution < 1.29 is 5.11 Å². The quantitative estimate of drug-likeness (QED) is 0.579. The van der Waals surface area contributed by atoms with E-state index in [9.17, 15) is 5.11 Å². The van der Waals surface area contributed by atoms with Crippen molar-refractivity contribution in [2.24, 2.45) is 0 Å². The Balaban J connectivity index is 2.16. The molecule has 4 rings (SSSR count). The molecule has 0 unspecified atom stereocenters. The molecule has 4 aromatic rings.